The molecular weight excluding hydrogens is 456 g/mol. The Morgan fingerprint density at radius 1 is 1.14 bits per heavy atom. The van der Waals surface area contributed by atoms with Crippen LogP contribution in [-0.2, 0) is 44.6 Å². The fourth-order valence-electron chi connectivity index (χ4n) is 4.85. The number of nitrogens with one attached hydrogen (secondary N) is 1. The normalized spacial score (nSPS) is 30.5. The number of benzene rings is 1. The Bertz CT molecular complexity index is 903. The second-order valence-corrected chi connectivity index (χ2v) is 9.72. The zero-order chi connectivity index (χ0) is 25.1. The highest BCUT2D eigenvalue weighted by molar-refractivity contribution is 5.85. The molecule has 2 aliphatic heterocycles. The number of ether oxygens (including phenoxy) is 6. The van der Waals surface area contributed by atoms with E-state index >= 15 is 0 Å². The number of rotatable bonds is 8. The van der Waals surface area contributed by atoms with Crippen molar-refractivity contribution >= 4 is 11.9 Å². The predicted octanol–water partition coefficient (Wildman–Crippen LogP) is 1.49. The first kappa shape index (κ1) is 26.0. The summed E-state index contributed by atoms with van der Waals surface area (Å²) in [6, 6.07) is 7.90. The number of hydrogen-bond acceptors (Lipinski definition) is 9. The average Bonchev–Trinajstić information content (AvgIpc) is 3.16. The zero-order valence-electron chi connectivity index (χ0n) is 20.9. The molecule has 2 saturated heterocycles. The van der Waals surface area contributed by atoms with Gasteiger partial charge in [-0.25, -0.2) is 9.80 Å². The van der Waals surface area contributed by atoms with Gasteiger partial charge in [0.15, 0.2) is 11.4 Å². The Morgan fingerprint density at radius 3 is 2.60 bits per heavy atom. The first-order valence-electron chi connectivity index (χ1n) is 12.1. The second kappa shape index (κ2) is 10.9. The van der Waals surface area contributed by atoms with Gasteiger partial charge in [-0.05, 0) is 31.9 Å². The lowest BCUT2D eigenvalue weighted by molar-refractivity contribution is -0.189. The Balaban J connectivity index is 1.60. The lowest BCUT2D eigenvalue weighted by Crippen LogP contribution is -2.63. The van der Waals surface area contributed by atoms with Gasteiger partial charge in [-0.1, -0.05) is 24.3 Å². The number of morpholine rings is 1. The summed E-state index contributed by atoms with van der Waals surface area (Å²) < 4.78 is 34.9. The Kier molecular flexibility index (Phi) is 8.09. The van der Waals surface area contributed by atoms with Crippen LogP contribution in [0.5, 0.6) is 0 Å². The van der Waals surface area contributed by atoms with Gasteiger partial charge >= 0.3 is 5.97 Å². The molecule has 2 heterocycles. The molecule has 1 aromatic carbocycles. The summed E-state index contributed by atoms with van der Waals surface area (Å²) in [6.45, 7) is 7.90. The largest absolute Gasteiger partial charge is 0.467 e. The summed E-state index contributed by atoms with van der Waals surface area (Å²) in [7, 11) is 1.30. The molecule has 35 heavy (non-hydrogen) atoms. The molecule has 0 bridgehead atoms. The van der Waals surface area contributed by atoms with Crippen LogP contribution in [0, 0.1) is 6.92 Å². The van der Waals surface area contributed by atoms with Gasteiger partial charge in [0.1, 0.15) is 12.7 Å². The maximum atomic E-state index is 13.8. The number of fused-ring (bicyclic) bond motifs is 1. The number of nitrogens with zero attached hydrogens (tertiary/aromatic N) is 1. The molecule has 194 valence electrons. The highest BCUT2D eigenvalue weighted by Gasteiger charge is 2.58. The molecule has 1 amide bonds. The van der Waals surface area contributed by atoms with E-state index in [2.05, 4.69) is 5.43 Å². The van der Waals surface area contributed by atoms with Crippen molar-refractivity contribution in [2.45, 2.75) is 69.9 Å². The van der Waals surface area contributed by atoms with Gasteiger partial charge in [-0.2, -0.15) is 0 Å². The third-order valence-corrected chi connectivity index (χ3v) is 6.74. The minimum atomic E-state index is -1.26. The zero-order valence-corrected chi connectivity index (χ0v) is 20.9. The average molecular weight is 493 g/mol. The number of methoxy groups -OCH3 is 1. The molecule has 3 fully saturated rings. The lowest BCUT2D eigenvalue weighted by Gasteiger charge is -2.44. The fourth-order valence-corrected chi connectivity index (χ4v) is 4.85. The highest BCUT2D eigenvalue weighted by atomic mass is 16.8. The van der Waals surface area contributed by atoms with Crippen LogP contribution in [0.2, 0.25) is 0 Å². The molecule has 1 aromatic rings. The maximum Gasteiger partial charge on any atom is 0.331 e. The quantitative estimate of drug-likeness (QED) is 0.541. The minimum absolute atomic E-state index is 0.201. The molecule has 0 aromatic heterocycles. The molecule has 10 nitrogen and oxygen atoms in total. The van der Waals surface area contributed by atoms with Crippen LogP contribution in [0.3, 0.4) is 0 Å². The smallest absolute Gasteiger partial charge is 0.331 e. The maximum absolute atomic E-state index is 13.8. The molecule has 1 N–H and O–H groups in total. The number of hydrogen-bond donors (Lipinski definition) is 1. The van der Waals surface area contributed by atoms with Gasteiger partial charge in [-0.3, -0.25) is 10.2 Å². The summed E-state index contributed by atoms with van der Waals surface area (Å²) in [5.74, 6) is -1.63. The van der Waals surface area contributed by atoms with Crippen LogP contribution in [0.4, 0.5) is 0 Å². The Labute approximate surface area is 206 Å². The number of carbonyl (C=O) groups excluding carboxylic acids is 2. The summed E-state index contributed by atoms with van der Waals surface area (Å²) >= 11 is 0. The van der Waals surface area contributed by atoms with Crippen LogP contribution in [0.25, 0.3) is 0 Å². The predicted molar refractivity (Wildman–Crippen MR) is 124 cm³/mol. The minimum Gasteiger partial charge on any atom is -0.467 e. The number of esters is 1. The van der Waals surface area contributed by atoms with Crippen LogP contribution >= 0.6 is 0 Å². The molecule has 1 unspecified atom stereocenters. The Morgan fingerprint density at radius 2 is 1.89 bits per heavy atom. The number of amides is 1. The van der Waals surface area contributed by atoms with E-state index in [1.165, 1.54) is 7.11 Å². The summed E-state index contributed by atoms with van der Waals surface area (Å²) in [5.41, 5.74) is 3.83. The molecule has 1 saturated carbocycles. The Hall–Kier alpha value is -2.08. The van der Waals surface area contributed by atoms with E-state index in [0.29, 0.717) is 32.7 Å². The first-order chi connectivity index (χ1) is 16.7. The van der Waals surface area contributed by atoms with Gasteiger partial charge in [0, 0.05) is 25.9 Å². The van der Waals surface area contributed by atoms with Crippen molar-refractivity contribution in [3.63, 3.8) is 0 Å². The fraction of sp³-hybridized carbons (Fsp3) is 0.680. The molecule has 0 radical (unpaired) electrons. The van der Waals surface area contributed by atoms with Crippen molar-refractivity contribution in [2.24, 2.45) is 0 Å². The summed E-state index contributed by atoms with van der Waals surface area (Å²) in [4.78, 5) is 25.7. The van der Waals surface area contributed by atoms with E-state index in [0.717, 1.165) is 11.1 Å². The van der Waals surface area contributed by atoms with E-state index in [9.17, 15) is 9.59 Å². The summed E-state index contributed by atoms with van der Waals surface area (Å²) in [5, 5.41) is 1.84. The van der Waals surface area contributed by atoms with Crippen molar-refractivity contribution < 1.29 is 38.0 Å². The highest BCUT2D eigenvalue weighted by Crippen LogP contribution is 2.44. The molecule has 4 rings (SSSR count). The first-order valence-corrected chi connectivity index (χ1v) is 12.1. The van der Waals surface area contributed by atoms with Crippen molar-refractivity contribution in [3.8, 4) is 0 Å². The second-order valence-electron chi connectivity index (χ2n) is 9.72. The monoisotopic (exact) mass is 492 g/mol. The van der Waals surface area contributed by atoms with E-state index in [1.54, 1.807) is 0 Å². The van der Waals surface area contributed by atoms with Crippen molar-refractivity contribution in [1.29, 1.82) is 0 Å². The van der Waals surface area contributed by atoms with Gasteiger partial charge in [0.2, 0.25) is 0 Å². The van der Waals surface area contributed by atoms with Gasteiger partial charge in [0.05, 0.1) is 39.1 Å². The molecule has 3 aliphatic rings. The van der Waals surface area contributed by atoms with Gasteiger partial charge in [-0.15, -0.1) is 0 Å². The standard InChI is InChI=1S/C25H36N2O8/c1-17-7-5-6-8-18(17)15-33-25(23(29)26-27-9-11-31-12-10-27)13-19(32-16-21(28)30-4)22-20(14-25)34-24(2,3)35-22/h5-8,19-20,22H,9-16H2,1-4H3,(H,26,29)/t19?,20-,22+,25-/m1/s1. The third-order valence-electron chi connectivity index (χ3n) is 6.74. The third kappa shape index (κ3) is 6.19. The van der Waals surface area contributed by atoms with E-state index in [1.807, 2.05) is 50.0 Å². The molecule has 1 aliphatic carbocycles. The van der Waals surface area contributed by atoms with E-state index in [4.69, 9.17) is 28.4 Å². The summed E-state index contributed by atoms with van der Waals surface area (Å²) in [6.07, 6.45) is -1.01. The van der Waals surface area contributed by atoms with E-state index in [-0.39, 0.29) is 25.5 Å². The topological polar surface area (TPSA) is 105 Å². The van der Waals surface area contributed by atoms with Crippen molar-refractivity contribution in [3.05, 3.63) is 35.4 Å². The molecule has 4 atom stereocenters. The van der Waals surface area contributed by atoms with Crippen molar-refractivity contribution in [2.75, 3.05) is 40.0 Å². The van der Waals surface area contributed by atoms with Crippen molar-refractivity contribution in [1.82, 2.24) is 10.4 Å². The molecule has 0 spiro atoms. The van der Waals surface area contributed by atoms with Gasteiger partial charge in [0.25, 0.3) is 5.91 Å². The van der Waals surface area contributed by atoms with Crippen LogP contribution in [0.15, 0.2) is 24.3 Å². The molecular formula is C25H36N2O8. The number of hydrazine groups is 1. The number of aryl methyl sites for hydroxylation is 1. The van der Waals surface area contributed by atoms with Crippen LogP contribution < -0.4 is 5.43 Å². The number of carbonyl (C=O) groups is 2. The lowest BCUT2D eigenvalue weighted by atomic mass is 9.78. The van der Waals surface area contributed by atoms with Crippen LogP contribution in [-0.4, -0.2) is 86.6 Å². The van der Waals surface area contributed by atoms with E-state index < -0.39 is 35.7 Å². The molecule has 10 heteroatoms. The van der Waals surface area contributed by atoms with Crippen LogP contribution in [0.1, 0.15) is 37.8 Å². The van der Waals surface area contributed by atoms with Gasteiger partial charge < -0.3 is 28.4 Å². The SMILES string of the molecule is COC(=O)COC1C[C@](OCc2ccccc2C)(C(=O)NN2CCOCC2)C[C@H]2OC(C)(C)O[C@@H]12.